The largest absolute Gasteiger partial charge is 0.416 e. The summed E-state index contributed by atoms with van der Waals surface area (Å²) in [4.78, 5) is 12.7. The van der Waals surface area contributed by atoms with Gasteiger partial charge in [0.05, 0.1) is 6.10 Å². The summed E-state index contributed by atoms with van der Waals surface area (Å²) in [5.41, 5.74) is -0.575. The maximum Gasteiger partial charge on any atom is 0.236 e. The Morgan fingerprint density at radius 1 is 1.33 bits per heavy atom. The molecule has 1 rings (SSSR count). The lowest BCUT2D eigenvalue weighted by molar-refractivity contribution is -0.294. The van der Waals surface area contributed by atoms with Gasteiger partial charge in [0.2, 0.25) is 5.79 Å². The fraction of sp³-hybridized carbons (Fsp3) is 0.842. The zero-order chi connectivity index (χ0) is 18.8. The molecular weight excluding hydrogens is 320 g/mol. The SMILES string of the molecule is C=CC[C@@H]1CCC(=O)[C@](OC)(C(C)(C)CO[Si](C)(C)C(C)(C)C)O1. The summed E-state index contributed by atoms with van der Waals surface area (Å²) < 4.78 is 18.3. The molecule has 0 bridgehead atoms. The van der Waals surface area contributed by atoms with Crippen LogP contribution in [0.1, 0.15) is 53.9 Å². The summed E-state index contributed by atoms with van der Waals surface area (Å²) >= 11 is 0. The van der Waals surface area contributed by atoms with Gasteiger partial charge in [0.1, 0.15) is 0 Å². The number of ketones is 1. The molecule has 0 aromatic carbocycles. The van der Waals surface area contributed by atoms with Crippen LogP contribution in [-0.4, -0.2) is 39.7 Å². The van der Waals surface area contributed by atoms with Gasteiger partial charge in [-0.3, -0.25) is 4.79 Å². The van der Waals surface area contributed by atoms with Crippen LogP contribution in [0.25, 0.3) is 0 Å². The predicted molar refractivity (Wildman–Crippen MR) is 101 cm³/mol. The Bertz CT molecular complexity index is 464. The third kappa shape index (κ3) is 4.18. The molecule has 1 heterocycles. The van der Waals surface area contributed by atoms with E-state index < -0.39 is 19.5 Å². The Hall–Kier alpha value is -0.493. The van der Waals surface area contributed by atoms with Crippen molar-refractivity contribution in [3.63, 3.8) is 0 Å². The normalized spacial score (nSPS) is 26.5. The number of hydrogen-bond donors (Lipinski definition) is 0. The molecule has 0 unspecified atom stereocenters. The molecule has 0 aromatic rings. The highest BCUT2D eigenvalue weighted by atomic mass is 28.4. The van der Waals surface area contributed by atoms with Crippen LogP contribution in [0.15, 0.2) is 12.7 Å². The third-order valence-electron chi connectivity index (χ3n) is 5.60. The summed E-state index contributed by atoms with van der Waals surface area (Å²) in [6.07, 6.45) is 3.70. The van der Waals surface area contributed by atoms with E-state index in [9.17, 15) is 4.79 Å². The molecule has 24 heavy (non-hydrogen) atoms. The molecule has 0 amide bonds. The Morgan fingerprint density at radius 3 is 2.38 bits per heavy atom. The van der Waals surface area contributed by atoms with Crippen LogP contribution in [-0.2, 0) is 18.7 Å². The molecule has 1 fully saturated rings. The lowest BCUT2D eigenvalue weighted by Crippen LogP contribution is -2.61. The van der Waals surface area contributed by atoms with E-state index in [2.05, 4.69) is 40.4 Å². The predicted octanol–water partition coefficient (Wildman–Crippen LogP) is 4.70. The minimum Gasteiger partial charge on any atom is -0.416 e. The van der Waals surface area contributed by atoms with Crippen molar-refractivity contribution >= 4 is 14.1 Å². The number of hydrogen-bond acceptors (Lipinski definition) is 4. The zero-order valence-corrected chi connectivity index (χ0v) is 17.8. The van der Waals surface area contributed by atoms with E-state index in [1.807, 2.05) is 19.9 Å². The highest BCUT2D eigenvalue weighted by Gasteiger charge is 2.56. The van der Waals surface area contributed by atoms with Gasteiger partial charge in [0.15, 0.2) is 14.1 Å². The zero-order valence-electron chi connectivity index (χ0n) is 16.8. The van der Waals surface area contributed by atoms with Gasteiger partial charge in [-0.25, -0.2) is 0 Å². The molecule has 140 valence electrons. The first-order chi connectivity index (χ1) is 10.8. The van der Waals surface area contributed by atoms with Crippen LogP contribution in [0, 0.1) is 5.41 Å². The van der Waals surface area contributed by atoms with Crippen LogP contribution >= 0.6 is 0 Å². The van der Waals surface area contributed by atoms with Crippen molar-refractivity contribution in [1.82, 2.24) is 0 Å². The lowest BCUT2D eigenvalue weighted by Gasteiger charge is -2.49. The second kappa shape index (κ2) is 7.40. The molecular formula is C19H36O4Si. The van der Waals surface area contributed by atoms with E-state index in [0.717, 1.165) is 12.8 Å². The van der Waals surface area contributed by atoms with Crippen LogP contribution in [0.4, 0.5) is 0 Å². The Balaban J connectivity index is 3.02. The smallest absolute Gasteiger partial charge is 0.236 e. The highest BCUT2D eigenvalue weighted by molar-refractivity contribution is 6.74. The van der Waals surface area contributed by atoms with Crippen molar-refractivity contribution in [3.05, 3.63) is 12.7 Å². The number of carbonyl (C=O) groups excluding carboxylic acids is 1. The fourth-order valence-corrected chi connectivity index (χ4v) is 3.97. The number of methoxy groups -OCH3 is 1. The van der Waals surface area contributed by atoms with Crippen LogP contribution < -0.4 is 0 Å². The first-order valence-corrected chi connectivity index (χ1v) is 11.7. The summed E-state index contributed by atoms with van der Waals surface area (Å²) in [5, 5.41) is 0.117. The topological polar surface area (TPSA) is 44.8 Å². The first kappa shape index (κ1) is 21.5. The van der Waals surface area contributed by atoms with Crippen molar-refractivity contribution < 1.29 is 18.7 Å². The average Bonchev–Trinajstić information content (AvgIpc) is 2.46. The van der Waals surface area contributed by atoms with Gasteiger partial charge in [-0.1, -0.05) is 40.7 Å². The van der Waals surface area contributed by atoms with Crippen molar-refractivity contribution in [2.24, 2.45) is 5.41 Å². The van der Waals surface area contributed by atoms with Gasteiger partial charge >= 0.3 is 0 Å². The monoisotopic (exact) mass is 356 g/mol. The second-order valence-corrected chi connectivity index (χ2v) is 13.8. The summed E-state index contributed by atoms with van der Waals surface area (Å²) in [7, 11) is -0.359. The van der Waals surface area contributed by atoms with Crippen LogP contribution in [0.2, 0.25) is 18.1 Å². The van der Waals surface area contributed by atoms with E-state index in [0.29, 0.717) is 13.0 Å². The molecule has 0 aromatic heterocycles. The molecule has 0 radical (unpaired) electrons. The van der Waals surface area contributed by atoms with Gasteiger partial charge in [-0.15, -0.1) is 6.58 Å². The average molecular weight is 357 g/mol. The van der Waals surface area contributed by atoms with Crippen molar-refractivity contribution in [2.45, 2.75) is 83.9 Å². The Labute approximate surface area is 149 Å². The lowest BCUT2D eigenvalue weighted by atomic mass is 9.78. The molecule has 4 nitrogen and oxygen atoms in total. The van der Waals surface area contributed by atoms with E-state index in [1.165, 1.54) is 0 Å². The molecule has 1 aliphatic rings. The molecule has 5 heteroatoms. The summed E-state index contributed by atoms with van der Waals surface area (Å²) in [5.74, 6) is -1.24. The Kier molecular flexibility index (Phi) is 6.64. The van der Waals surface area contributed by atoms with E-state index in [4.69, 9.17) is 13.9 Å². The fourth-order valence-electron chi connectivity index (χ4n) is 2.82. The van der Waals surface area contributed by atoms with E-state index in [1.54, 1.807) is 7.11 Å². The van der Waals surface area contributed by atoms with Crippen molar-refractivity contribution in [2.75, 3.05) is 13.7 Å². The molecule has 1 aliphatic heterocycles. The van der Waals surface area contributed by atoms with Gasteiger partial charge in [-0.05, 0) is 31.0 Å². The minimum atomic E-state index is -1.92. The molecule has 0 aliphatic carbocycles. The maximum atomic E-state index is 12.7. The summed E-state index contributed by atoms with van der Waals surface area (Å²) in [6, 6.07) is 0. The van der Waals surface area contributed by atoms with Gasteiger partial charge in [0, 0.05) is 25.6 Å². The molecule has 0 saturated carbocycles. The molecule has 1 saturated heterocycles. The van der Waals surface area contributed by atoms with Crippen LogP contribution in [0.5, 0.6) is 0 Å². The second-order valence-electron chi connectivity index (χ2n) is 8.98. The number of Topliss-reactive ketones (excluding diaryl/α,β-unsaturated/α-hetero) is 1. The van der Waals surface area contributed by atoms with E-state index >= 15 is 0 Å². The quantitative estimate of drug-likeness (QED) is 0.490. The minimum absolute atomic E-state index is 0.00847. The van der Waals surface area contributed by atoms with Gasteiger partial charge in [-0.2, -0.15) is 0 Å². The Morgan fingerprint density at radius 2 is 1.92 bits per heavy atom. The molecule has 0 spiro atoms. The first-order valence-electron chi connectivity index (χ1n) is 8.84. The standard InChI is InChI=1S/C19H36O4Si/c1-10-11-15-12-13-16(20)19(21-7,23-15)18(5,6)14-22-24(8,9)17(2,3)4/h10,15H,1,11-14H2,2-9H3/t15-,19-/m1/s1. The third-order valence-corrected chi connectivity index (χ3v) is 10.1. The van der Waals surface area contributed by atoms with Crippen molar-refractivity contribution in [1.29, 1.82) is 0 Å². The maximum absolute atomic E-state index is 12.7. The highest BCUT2D eigenvalue weighted by Crippen LogP contribution is 2.44. The molecule has 2 atom stereocenters. The number of rotatable bonds is 7. The summed E-state index contributed by atoms with van der Waals surface area (Å²) in [6.45, 7) is 19.3. The number of ether oxygens (including phenoxy) is 2. The van der Waals surface area contributed by atoms with Gasteiger partial charge in [0.25, 0.3) is 0 Å². The molecule has 0 N–H and O–H groups in total. The van der Waals surface area contributed by atoms with Crippen molar-refractivity contribution in [3.8, 4) is 0 Å². The van der Waals surface area contributed by atoms with E-state index in [-0.39, 0.29) is 16.9 Å². The van der Waals surface area contributed by atoms with Gasteiger partial charge < -0.3 is 13.9 Å². The van der Waals surface area contributed by atoms with Crippen LogP contribution in [0.3, 0.4) is 0 Å². The number of carbonyl (C=O) groups is 1.